The molecule has 2 aliphatic heterocycles. The maximum absolute atomic E-state index is 14.1. The Morgan fingerprint density at radius 1 is 1.16 bits per heavy atom. The fourth-order valence-corrected chi connectivity index (χ4v) is 6.95. The Hall–Kier alpha value is -3.42. The van der Waals surface area contributed by atoms with Gasteiger partial charge in [0.1, 0.15) is 41.1 Å². The highest BCUT2D eigenvalue weighted by Crippen LogP contribution is 2.51. The number of ether oxygens (including phenoxy) is 2. The number of hydrogen-bond donors (Lipinski definition) is 4. The third-order valence-electron chi connectivity index (χ3n) is 7.61. The van der Waals surface area contributed by atoms with E-state index < -0.39 is 95.6 Å². The van der Waals surface area contributed by atoms with Crippen molar-refractivity contribution in [3.63, 3.8) is 0 Å². The van der Waals surface area contributed by atoms with E-state index in [-0.39, 0.29) is 16.8 Å². The van der Waals surface area contributed by atoms with Crippen molar-refractivity contribution in [2.75, 3.05) is 26.8 Å². The number of aliphatic hydroxyl groups is 4. The summed E-state index contributed by atoms with van der Waals surface area (Å²) in [4.78, 5) is 13.1. The van der Waals surface area contributed by atoms with E-state index in [0.29, 0.717) is 23.9 Å². The summed E-state index contributed by atoms with van der Waals surface area (Å²) in [7, 11) is 1.09. The number of amides is 1. The van der Waals surface area contributed by atoms with E-state index in [0.717, 1.165) is 41.1 Å². The average Bonchev–Trinajstić information content (AvgIpc) is 3.47. The lowest BCUT2D eigenvalue weighted by Crippen LogP contribution is -2.66. The van der Waals surface area contributed by atoms with Gasteiger partial charge in [-0.3, -0.25) is 0 Å². The summed E-state index contributed by atoms with van der Waals surface area (Å²) in [5.74, 6) is -4.73. The van der Waals surface area contributed by atoms with Crippen LogP contribution in [-0.2, 0) is 15.7 Å². The van der Waals surface area contributed by atoms with Gasteiger partial charge in [0.25, 0.3) is 0 Å². The summed E-state index contributed by atoms with van der Waals surface area (Å²) in [5, 5.41) is 49.9. The second-order valence-electron chi connectivity index (χ2n) is 10.6. The summed E-state index contributed by atoms with van der Waals surface area (Å²) >= 11 is 0.564. The number of aliphatic hydroxyl groups excluding tert-OH is 3. The Morgan fingerprint density at radius 3 is 2.40 bits per heavy atom. The van der Waals surface area contributed by atoms with Crippen LogP contribution in [-0.4, -0.2) is 103 Å². The van der Waals surface area contributed by atoms with Gasteiger partial charge in [-0.1, -0.05) is 23.4 Å². The summed E-state index contributed by atoms with van der Waals surface area (Å²) < 4.78 is 94.6. The fourth-order valence-electron chi connectivity index (χ4n) is 5.40. The highest BCUT2D eigenvalue weighted by molar-refractivity contribution is 8.00. The molecule has 2 aliphatic rings. The number of carbonyl (C=O) groups is 1. The normalized spacial score (nSPS) is 25.5. The van der Waals surface area contributed by atoms with Crippen molar-refractivity contribution in [2.45, 2.75) is 46.8 Å². The summed E-state index contributed by atoms with van der Waals surface area (Å²) in [6.45, 7) is -1.68. The maximum atomic E-state index is 14.1. The standard InChI is InChI=1S/C27H26F6N4O7S/c1-43-25(41)36-10-26(42,11-36)23(13-4-2-3-5-14(13)27(31,32)33)45-24-22(40)20(21(39)18(9-38)44-24)37-8-17(34-35-37)12-6-15(28)19(30)16(29)7-12/h2-8,18,20-24,38-40,42H,9-11H2,1H3/t18-,20+,21+,22-,23-,24+/m1/s1. The zero-order valence-electron chi connectivity index (χ0n) is 23.1. The molecule has 3 aromatic rings. The number of thioether (sulfide) groups is 1. The van der Waals surface area contributed by atoms with E-state index in [2.05, 4.69) is 15.0 Å². The van der Waals surface area contributed by atoms with Gasteiger partial charge in [0.15, 0.2) is 17.5 Å². The minimum Gasteiger partial charge on any atom is -0.453 e. The predicted molar refractivity (Wildman–Crippen MR) is 143 cm³/mol. The van der Waals surface area contributed by atoms with Crippen molar-refractivity contribution >= 4 is 17.9 Å². The van der Waals surface area contributed by atoms with Crippen LogP contribution in [0.5, 0.6) is 0 Å². The van der Waals surface area contributed by atoms with Gasteiger partial charge in [0.2, 0.25) is 0 Å². The van der Waals surface area contributed by atoms with Gasteiger partial charge in [-0.2, -0.15) is 13.2 Å². The van der Waals surface area contributed by atoms with Crippen molar-refractivity contribution in [3.8, 4) is 11.3 Å². The second kappa shape index (κ2) is 12.4. The second-order valence-corrected chi connectivity index (χ2v) is 11.8. The van der Waals surface area contributed by atoms with E-state index in [1.54, 1.807) is 0 Å². The molecule has 0 aliphatic carbocycles. The van der Waals surface area contributed by atoms with Crippen LogP contribution in [0.25, 0.3) is 11.3 Å². The first-order chi connectivity index (χ1) is 21.2. The Balaban J connectivity index is 1.50. The number of likely N-dealkylation sites (tertiary alicyclic amines) is 1. The van der Waals surface area contributed by atoms with Crippen molar-refractivity contribution < 1.29 is 61.0 Å². The van der Waals surface area contributed by atoms with E-state index in [9.17, 15) is 51.6 Å². The summed E-state index contributed by atoms with van der Waals surface area (Å²) in [6, 6.07) is 4.23. The minimum absolute atomic E-state index is 0.188. The van der Waals surface area contributed by atoms with Gasteiger partial charge in [-0.05, 0) is 23.8 Å². The number of methoxy groups -OCH3 is 1. The van der Waals surface area contributed by atoms with Crippen LogP contribution >= 0.6 is 11.8 Å². The Morgan fingerprint density at radius 2 is 1.80 bits per heavy atom. The number of alkyl halides is 3. The third-order valence-corrected chi connectivity index (χ3v) is 9.24. The van der Waals surface area contributed by atoms with Gasteiger partial charge in [-0.15, -0.1) is 16.9 Å². The predicted octanol–water partition coefficient (Wildman–Crippen LogP) is 2.65. The molecule has 2 fully saturated rings. The molecule has 0 radical (unpaired) electrons. The van der Waals surface area contributed by atoms with Crippen molar-refractivity contribution in [3.05, 3.63) is 71.2 Å². The first-order valence-corrected chi connectivity index (χ1v) is 14.2. The number of carbonyl (C=O) groups excluding carboxylic acids is 1. The van der Waals surface area contributed by atoms with Crippen LogP contribution in [0.1, 0.15) is 22.4 Å². The zero-order valence-corrected chi connectivity index (χ0v) is 23.9. The number of benzene rings is 2. The molecule has 0 saturated carbocycles. The van der Waals surface area contributed by atoms with Gasteiger partial charge in [0.05, 0.1) is 43.8 Å². The Labute approximate surface area is 255 Å². The molecule has 11 nitrogen and oxygen atoms in total. The number of halogens is 6. The molecule has 2 saturated heterocycles. The van der Waals surface area contributed by atoms with Crippen molar-refractivity contribution in [1.29, 1.82) is 0 Å². The zero-order chi connectivity index (χ0) is 32.8. The summed E-state index contributed by atoms with van der Waals surface area (Å²) in [5.41, 5.74) is -5.39. The number of β-amino-alcohol motifs (C(OH)–C–C–N with tert-alkyl or cyclic N) is 1. The monoisotopic (exact) mass is 664 g/mol. The Bertz CT molecular complexity index is 1530. The molecule has 0 unspecified atom stereocenters. The highest BCUT2D eigenvalue weighted by atomic mass is 32.2. The van der Waals surface area contributed by atoms with Crippen LogP contribution in [0.15, 0.2) is 42.6 Å². The van der Waals surface area contributed by atoms with Crippen LogP contribution in [0.2, 0.25) is 0 Å². The van der Waals surface area contributed by atoms with E-state index in [1.165, 1.54) is 6.07 Å². The number of rotatable bonds is 7. The molecule has 45 heavy (non-hydrogen) atoms. The van der Waals surface area contributed by atoms with Crippen LogP contribution in [0.3, 0.4) is 0 Å². The average molecular weight is 665 g/mol. The first kappa shape index (κ1) is 33.0. The minimum atomic E-state index is -4.85. The summed E-state index contributed by atoms with van der Waals surface area (Å²) in [6.07, 6.45) is -9.50. The lowest BCUT2D eigenvalue weighted by atomic mass is 9.85. The molecular formula is C27H26F6N4O7S. The van der Waals surface area contributed by atoms with E-state index >= 15 is 0 Å². The largest absolute Gasteiger partial charge is 0.453 e. The molecule has 4 N–H and O–H groups in total. The topological polar surface area (TPSA) is 150 Å². The molecule has 244 valence electrons. The molecule has 1 amide bonds. The lowest BCUT2D eigenvalue weighted by molar-refractivity contribution is -0.179. The smallest absolute Gasteiger partial charge is 0.416 e. The van der Waals surface area contributed by atoms with E-state index in [1.807, 2.05) is 0 Å². The van der Waals surface area contributed by atoms with Crippen LogP contribution < -0.4 is 0 Å². The molecule has 1 aromatic heterocycles. The number of nitrogens with zero attached hydrogens (tertiary/aromatic N) is 4. The molecule has 3 heterocycles. The van der Waals surface area contributed by atoms with Crippen molar-refractivity contribution in [2.24, 2.45) is 0 Å². The molecule has 5 rings (SSSR count). The highest BCUT2D eigenvalue weighted by Gasteiger charge is 2.55. The SMILES string of the molecule is COC(=O)N1CC(O)([C@H](S[C@@H]2O[C@H](CO)[C@H](O)[C@H](n3cc(-c4cc(F)c(F)c(F)c4)nn3)[C@H]2O)c2ccccc2C(F)(F)F)C1. The molecule has 6 atom stereocenters. The van der Waals surface area contributed by atoms with Gasteiger partial charge < -0.3 is 34.8 Å². The Kier molecular flexibility index (Phi) is 9.09. The third kappa shape index (κ3) is 6.22. The molecule has 0 spiro atoms. The van der Waals surface area contributed by atoms with Crippen LogP contribution in [0.4, 0.5) is 31.1 Å². The molecule has 0 bridgehead atoms. The molecule has 18 heteroatoms. The number of aromatic nitrogens is 3. The maximum Gasteiger partial charge on any atom is 0.416 e. The van der Waals surface area contributed by atoms with E-state index in [4.69, 9.17) is 4.74 Å². The fraction of sp³-hybridized carbons (Fsp3) is 0.444. The van der Waals surface area contributed by atoms with Gasteiger partial charge in [-0.25, -0.2) is 22.6 Å². The lowest BCUT2D eigenvalue weighted by Gasteiger charge is -2.51. The molecule has 2 aromatic carbocycles. The first-order valence-electron chi connectivity index (χ1n) is 13.2. The number of hydrogen-bond acceptors (Lipinski definition) is 10. The van der Waals surface area contributed by atoms with Gasteiger partial charge in [0, 0.05) is 5.56 Å². The molecular weight excluding hydrogens is 638 g/mol. The van der Waals surface area contributed by atoms with Gasteiger partial charge >= 0.3 is 12.3 Å². The van der Waals surface area contributed by atoms with Crippen LogP contribution in [0, 0.1) is 17.5 Å². The van der Waals surface area contributed by atoms with Crippen molar-refractivity contribution in [1.82, 2.24) is 19.9 Å². The quantitative estimate of drug-likeness (QED) is 0.219.